The molecule has 0 aromatic heterocycles. The Balaban J connectivity index is 1.70. The highest BCUT2D eigenvalue weighted by Gasteiger charge is 2.16. The van der Waals surface area contributed by atoms with E-state index in [9.17, 15) is 4.79 Å². The molecule has 0 amide bonds. The molecule has 0 saturated carbocycles. The van der Waals surface area contributed by atoms with Crippen molar-refractivity contribution in [1.29, 1.82) is 0 Å². The van der Waals surface area contributed by atoms with Gasteiger partial charge in [-0.3, -0.25) is 4.79 Å². The van der Waals surface area contributed by atoms with E-state index < -0.39 is 0 Å². The molecule has 4 aromatic rings. The van der Waals surface area contributed by atoms with Crippen LogP contribution in [0.4, 0.5) is 0 Å². The van der Waals surface area contributed by atoms with Crippen molar-refractivity contribution in [1.82, 2.24) is 0 Å². The van der Waals surface area contributed by atoms with Crippen LogP contribution in [0.25, 0.3) is 28.3 Å². The Morgan fingerprint density at radius 3 is 1.91 bits per heavy atom. The second-order valence-electron chi connectivity index (χ2n) is 7.32. The van der Waals surface area contributed by atoms with Crippen LogP contribution in [-0.4, -0.2) is 20.0 Å². The fourth-order valence-corrected chi connectivity index (χ4v) is 3.81. The molecule has 0 N–H and O–H groups in total. The average Bonchev–Trinajstić information content (AvgIpc) is 2.88. The number of rotatable bonds is 7. The Bertz CT molecular complexity index is 1230. The number of benzene rings is 4. The van der Waals surface area contributed by atoms with Crippen LogP contribution in [0.3, 0.4) is 0 Å². The highest BCUT2D eigenvalue weighted by atomic mass is 16.5. The summed E-state index contributed by atoms with van der Waals surface area (Å²) < 4.78 is 11.0. The molecule has 158 valence electrons. The molecule has 0 fully saturated rings. The van der Waals surface area contributed by atoms with Gasteiger partial charge in [0.05, 0.1) is 19.8 Å². The Labute approximate surface area is 188 Å². The molecule has 0 spiro atoms. The molecule has 0 aliphatic carbocycles. The summed E-state index contributed by atoms with van der Waals surface area (Å²) in [6.45, 7) is 3.80. The number of carbonyl (C=O) groups is 1. The van der Waals surface area contributed by atoms with Crippen LogP contribution in [0, 0.1) is 0 Å². The minimum Gasteiger partial charge on any atom is -0.496 e. The van der Waals surface area contributed by atoms with Crippen molar-refractivity contribution in [2.75, 3.05) is 14.2 Å². The van der Waals surface area contributed by atoms with E-state index in [2.05, 4.69) is 6.58 Å². The zero-order valence-electron chi connectivity index (χ0n) is 18.2. The lowest BCUT2D eigenvalue weighted by Gasteiger charge is -2.14. The van der Waals surface area contributed by atoms with E-state index in [1.165, 1.54) is 0 Å². The summed E-state index contributed by atoms with van der Waals surface area (Å²) in [5.41, 5.74) is 6.01. The topological polar surface area (TPSA) is 35.5 Å². The smallest absolute Gasteiger partial charge is 0.193 e. The van der Waals surface area contributed by atoms with Gasteiger partial charge < -0.3 is 9.47 Å². The van der Waals surface area contributed by atoms with Gasteiger partial charge in [0.25, 0.3) is 0 Å². The molecule has 3 nitrogen and oxygen atoms in total. The third kappa shape index (κ3) is 4.06. The summed E-state index contributed by atoms with van der Waals surface area (Å²) >= 11 is 0. The van der Waals surface area contributed by atoms with Gasteiger partial charge in [-0.1, -0.05) is 91.5 Å². The Hall–Kier alpha value is -4.11. The van der Waals surface area contributed by atoms with Crippen molar-refractivity contribution in [3.05, 3.63) is 114 Å². The van der Waals surface area contributed by atoms with Crippen LogP contribution in [0.2, 0.25) is 0 Å². The predicted octanol–water partition coefficient (Wildman–Crippen LogP) is 6.91. The Kier molecular flexibility index (Phi) is 6.18. The maximum absolute atomic E-state index is 13.4. The van der Waals surface area contributed by atoms with E-state index in [-0.39, 0.29) is 5.78 Å². The molecule has 0 unspecified atom stereocenters. The first-order valence-corrected chi connectivity index (χ1v) is 10.3. The third-order valence-corrected chi connectivity index (χ3v) is 5.49. The molecule has 0 aliphatic heterocycles. The molecule has 3 heteroatoms. The van der Waals surface area contributed by atoms with Gasteiger partial charge in [-0.15, -0.1) is 0 Å². The number of carbonyl (C=O) groups excluding carboxylic acids is 1. The van der Waals surface area contributed by atoms with Crippen molar-refractivity contribution < 1.29 is 14.3 Å². The van der Waals surface area contributed by atoms with E-state index in [4.69, 9.17) is 9.47 Å². The number of methoxy groups -OCH3 is 2. The zero-order chi connectivity index (χ0) is 22.5. The molecule has 32 heavy (non-hydrogen) atoms. The lowest BCUT2D eigenvalue weighted by atomic mass is 9.92. The summed E-state index contributed by atoms with van der Waals surface area (Å²) in [4.78, 5) is 13.4. The van der Waals surface area contributed by atoms with Crippen LogP contribution in [0.5, 0.6) is 11.5 Å². The number of hydrogen-bond acceptors (Lipinski definition) is 3. The minimum absolute atomic E-state index is 0.0214. The van der Waals surface area contributed by atoms with E-state index >= 15 is 0 Å². The standard InChI is InChI=1S/C29H24O3/c1-4-20-12-14-21(15-13-20)24-8-5-6-9-25(24)29(30)23-18-16-22(17-19-23)28-26(31-2)10-7-11-27(28)32-3/h4-19H,1H2,2-3H3. The predicted molar refractivity (Wildman–Crippen MR) is 130 cm³/mol. The third-order valence-electron chi connectivity index (χ3n) is 5.49. The largest absolute Gasteiger partial charge is 0.496 e. The molecule has 4 aromatic carbocycles. The van der Waals surface area contributed by atoms with E-state index in [0.29, 0.717) is 11.1 Å². The van der Waals surface area contributed by atoms with Gasteiger partial charge in [0.1, 0.15) is 11.5 Å². The van der Waals surface area contributed by atoms with Crippen molar-refractivity contribution in [3.8, 4) is 33.8 Å². The summed E-state index contributed by atoms with van der Waals surface area (Å²) in [5.74, 6) is 1.42. The van der Waals surface area contributed by atoms with Gasteiger partial charge in [0.2, 0.25) is 0 Å². The summed E-state index contributed by atoms with van der Waals surface area (Å²) in [6.07, 6.45) is 1.80. The number of hydrogen-bond donors (Lipinski definition) is 0. The van der Waals surface area contributed by atoms with Gasteiger partial charge in [-0.2, -0.15) is 0 Å². The van der Waals surface area contributed by atoms with E-state index in [1.54, 1.807) is 20.3 Å². The fraction of sp³-hybridized carbons (Fsp3) is 0.0690. The lowest BCUT2D eigenvalue weighted by Crippen LogP contribution is -2.03. The zero-order valence-corrected chi connectivity index (χ0v) is 18.2. The summed E-state index contributed by atoms with van der Waals surface area (Å²) in [6, 6.07) is 28.9. The average molecular weight is 421 g/mol. The molecule has 0 atom stereocenters. The van der Waals surface area contributed by atoms with Crippen LogP contribution < -0.4 is 9.47 Å². The maximum Gasteiger partial charge on any atom is 0.193 e. The van der Waals surface area contributed by atoms with Crippen LogP contribution in [0.1, 0.15) is 21.5 Å². The quantitative estimate of drug-likeness (QED) is 0.305. The molecular weight excluding hydrogens is 396 g/mol. The SMILES string of the molecule is C=Cc1ccc(-c2ccccc2C(=O)c2ccc(-c3c(OC)cccc3OC)cc2)cc1. The molecule has 4 rings (SSSR count). The van der Waals surface area contributed by atoms with Crippen molar-refractivity contribution in [2.45, 2.75) is 0 Å². The lowest BCUT2D eigenvalue weighted by molar-refractivity contribution is 0.103. The number of ether oxygens (including phenoxy) is 2. The van der Waals surface area contributed by atoms with Gasteiger partial charge >= 0.3 is 0 Å². The highest BCUT2D eigenvalue weighted by Crippen LogP contribution is 2.38. The van der Waals surface area contributed by atoms with E-state index in [1.807, 2.05) is 91.0 Å². The van der Waals surface area contributed by atoms with Gasteiger partial charge in [-0.25, -0.2) is 0 Å². The first kappa shape index (κ1) is 21.1. The molecule has 0 radical (unpaired) electrons. The Morgan fingerprint density at radius 1 is 0.719 bits per heavy atom. The summed E-state index contributed by atoms with van der Waals surface area (Å²) in [7, 11) is 3.27. The van der Waals surface area contributed by atoms with Crippen molar-refractivity contribution in [3.63, 3.8) is 0 Å². The minimum atomic E-state index is -0.0214. The molecule has 0 heterocycles. The highest BCUT2D eigenvalue weighted by molar-refractivity contribution is 6.13. The van der Waals surface area contributed by atoms with Crippen LogP contribution in [0.15, 0.2) is 97.6 Å². The maximum atomic E-state index is 13.4. The second kappa shape index (κ2) is 9.36. The van der Waals surface area contributed by atoms with Crippen molar-refractivity contribution >= 4 is 11.9 Å². The monoisotopic (exact) mass is 420 g/mol. The number of ketones is 1. The molecular formula is C29H24O3. The van der Waals surface area contributed by atoms with E-state index in [0.717, 1.165) is 39.3 Å². The first-order chi connectivity index (χ1) is 15.7. The Morgan fingerprint density at radius 2 is 1.31 bits per heavy atom. The van der Waals surface area contributed by atoms with Gasteiger partial charge in [0.15, 0.2) is 5.78 Å². The molecule has 0 bridgehead atoms. The molecule has 0 saturated heterocycles. The summed E-state index contributed by atoms with van der Waals surface area (Å²) in [5, 5.41) is 0. The van der Waals surface area contributed by atoms with Crippen LogP contribution >= 0.6 is 0 Å². The molecule has 0 aliphatic rings. The van der Waals surface area contributed by atoms with Crippen LogP contribution in [-0.2, 0) is 0 Å². The normalized spacial score (nSPS) is 10.4. The van der Waals surface area contributed by atoms with Gasteiger partial charge in [-0.05, 0) is 34.4 Å². The van der Waals surface area contributed by atoms with Crippen molar-refractivity contribution in [2.24, 2.45) is 0 Å². The fourth-order valence-electron chi connectivity index (χ4n) is 3.81. The first-order valence-electron chi connectivity index (χ1n) is 10.3. The second-order valence-corrected chi connectivity index (χ2v) is 7.32. The van der Waals surface area contributed by atoms with Gasteiger partial charge in [0, 0.05) is 11.1 Å².